The minimum absolute atomic E-state index is 0.251. The highest BCUT2D eigenvalue weighted by atomic mass is 16.6. The van der Waals surface area contributed by atoms with E-state index in [0.717, 1.165) is 16.5 Å². The van der Waals surface area contributed by atoms with E-state index in [-0.39, 0.29) is 11.9 Å². The predicted octanol–water partition coefficient (Wildman–Crippen LogP) is 2.41. The maximum atomic E-state index is 13.2. The fourth-order valence-electron chi connectivity index (χ4n) is 4.73. The van der Waals surface area contributed by atoms with Gasteiger partial charge in [0.05, 0.1) is 22.7 Å². The first-order valence-corrected chi connectivity index (χ1v) is 13.9. The molecule has 3 heterocycles. The third kappa shape index (κ3) is 6.91. The molecule has 2 aliphatic heterocycles. The number of carbonyl (C=O) groups excluding carboxylic acids is 4. The van der Waals surface area contributed by atoms with Gasteiger partial charge in [-0.05, 0) is 65.2 Å². The number of esters is 1. The number of nitrogens with one attached hydrogen (secondary N) is 3. The monoisotopic (exact) mass is 565 g/mol. The Morgan fingerprint density at radius 3 is 2.49 bits per heavy atom. The van der Waals surface area contributed by atoms with Crippen LogP contribution in [-0.2, 0) is 28.7 Å². The van der Waals surface area contributed by atoms with Crippen LogP contribution in [0.3, 0.4) is 0 Å². The molecule has 11 nitrogen and oxygen atoms in total. The standard InChI is InChI=1S/C30H39N5O6/c1-17-22-12-11-21-10-9-20(16-24(21)33-22)13-14-30(4,5)29(39)41-25(19(3)40-6)27(37)32-18(2)28(38)35-15-7-8-23(34-35)26(36)31-17/h9-14,16-19,23,25,34H,7-8,15H2,1-6H3,(H,31,36)(H,32,37). The molecule has 5 bridgehead atoms. The molecule has 41 heavy (non-hydrogen) atoms. The van der Waals surface area contributed by atoms with Gasteiger partial charge in [0, 0.05) is 19.0 Å². The number of fused-ring (bicyclic) bond motifs is 4. The van der Waals surface area contributed by atoms with Crippen molar-refractivity contribution in [3.05, 3.63) is 47.7 Å². The normalized spacial score (nSPS) is 26.7. The highest BCUT2D eigenvalue weighted by Crippen LogP contribution is 2.25. The number of benzene rings is 1. The highest BCUT2D eigenvalue weighted by molar-refractivity contribution is 5.92. The first-order valence-electron chi connectivity index (χ1n) is 13.9. The highest BCUT2D eigenvalue weighted by Gasteiger charge is 2.37. The number of pyridine rings is 1. The van der Waals surface area contributed by atoms with Crippen LogP contribution in [-0.4, -0.2) is 71.6 Å². The van der Waals surface area contributed by atoms with E-state index in [4.69, 9.17) is 14.5 Å². The lowest BCUT2D eigenvalue weighted by Crippen LogP contribution is -2.61. The molecule has 0 saturated carbocycles. The summed E-state index contributed by atoms with van der Waals surface area (Å²) in [4.78, 5) is 57.6. The van der Waals surface area contributed by atoms with Gasteiger partial charge in [-0.25, -0.2) is 5.43 Å². The second-order valence-electron chi connectivity index (χ2n) is 11.3. The molecule has 220 valence electrons. The maximum Gasteiger partial charge on any atom is 0.316 e. The zero-order chi connectivity index (χ0) is 29.9. The van der Waals surface area contributed by atoms with Gasteiger partial charge in [-0.2, -0.15) is 0 Å². The second-order valence-corrected chi connectivity index (χ2v) is 11.3. The summed E-state index contributed by atoms with van der Waals surface area (Å²) in [6.07, 6.45) is 2.60. The first kappa shape index (κ1) is 30.1. The number of ether oxygens (including phenoxy) is 2. The molecule has 1 aromatic carbocycles. The van der Waals surface area contributed by atoms with Gasteiger partial charge in [-0.3, -0.25) is 29.2 Å². The number of hydrogen-bond acceptors (Lipinski definition) is 8. The van der Waals surface area contributed by atoms with Crippen molar-refractivity contribution in [3.63, 3.8) is 0 Å². The minimum Gasteiger partial charge on any atom is -0.449 e. The number of carbonyl (C=O) groups is 4. The summed E-state index contributed by atoms with van der Waals surface area (Å²) in [7, 11) is 1.41. The van der Waals surface area contributed by atoms with Crippen molar-refractivity contribution in [2.45, 2.75) is 77.8 Å². The van der Waals surface area contributed by atoms with E-state index in [2.05, 4.69) is 16.1 Å². The van der Waals surface area contributed by atoms with E-state index in [1.54, 1.807) is 39.8 Å². The Kier molecular flexibility index (Phi) is 9.08. The quantitative estimate of drug-likeness (QED) is 0.472. The summed E-state index contributed by atoms with van der Waals surface area (Å²) in [5.41, 5.74) is 4.18. The average Bonchev–Trinajstić information content (AvgIpc) is 2.96. The fraction of sp³-hybridized carbons (Fsp3) is 0.500. The lowest BCUT2D eigenvalue weighted by molar-refractivity contribution is -0.170. The van der Waals surface area contributed by atoms with Crippen molar-refractivity contribution >= 4 is 40.7 Å². The Morgan fingerprint density at radius 2 is 1.76 bits per heavy atom. The number of nitrogens with zero attached hydrogens (tertiary/aromatic N) is 2. The number of aromatic nitrogens is 1. The van der Waals surface area contributed by atoms with Crippen LogP contribution in [0.4, 0.5) is 0 Å². The number of amides is 3. The van der Waals surface area contributed by atoms with Gasteiger partial charge in [-0.1, -0.05) is 30.4 Å². The van der Waals surface area contributed by atoms with Gasteiger partial charge in [-0.15, -0.1) is 0 Å². The van der Waals surface area contributed by atoms with Crippen molar-refractivity contribution < 1.29 is 28.7 Å². The molecule has 2 aliphatic rings. The van der Waals surface area contributed by atoms with Crippen LogP contribution in [0, 0.1) is 5.41 Å². The molecule has 0 radical (unpaired) electrons. The van der Waals surface area contributed by atoms with Crippen LogP contribution in [0.1, 0.15) is 64.8 Å². The third-order valence-electron chi connectivity index (χ3n) is 7.55. The molecule has 3 amide bonds. The number of rotatable bonds is 2. The lowest BCUT2D eigenvalue weighted by atomic mass is 9.92. The van der Waals surface area contributed by atoms with E-state index in [0.29, 0.717) is 25.1 Å². The zero-order valence-electron chi connectivity index (χ0n) is 24.4. The van der Waals surface area contributed by atoms with Crippen LogP contribution in [0.5, 0.6) is 0 Å². The SMILES string of the molecule is COC(C)C1OC(=O)C(C)(C)C=Cc2ccc3ccc(nc3c2)C(C)NC(=O)C2CCCN(N2)C(=O)C(C)NC1=O. The van der Waals surface area contributed by atoms with Crippen LogP contribution >= 0.6 is 0 Å². The Labute approximate surface area is 240 Å². The Bertz CT molecular complexity index is 1360. The minimum atomic E-state index is -1.29. The van der Waals surface area contributed by atoms with Crippen molar-refractivity contribution in [1.29, 1.82) is 0 Å². The molecular formula is C30H39N5O6. The smallest absolute Gasteiger partial charge is 0.316 e. The lowest BCUT2D eigenvalue weighted by Gasteiger charge is -2.35. The number of methoxy groups -OCH3 is 1. The number of hydrazine groups is 1. The molecule has 3 N–H and O–H groups in total. The number of hydrogen-bond donors (Lipinski definition) is 3. The van der Waals surface area contributed by atoms with Gasteiger partial charge < -0.3 is 20.1 Å². The molecule has 2 aromatic rings. The van der Waals surface area contributed by atoms with Crippen molar-refractivity contribution in [2.75, 3.05) is 13.7 Å². The van der Waals surface area contributed by atoms with Crippen LogP contribution < -0.4 is 16.1 Å². The summed E-state index contributed by atoms with van der Waals surface area (Å²) < 4.78 is 11.0. The molecule has 5 unspecified atom stereocenters. The third-order valence-corrected chi connectivity index (χ3v) is 7.55. The molecular weight excluding hydrogens is 526 g/mol. The summed E-state index contributed by atoms with van der Waals surface area (Å²) in [6.45, 7) is 8.78. The van der Waals surface area contributed by atoms with Crippen molar-refractivity contribution in [1.82, 2.24) is 26.1 Å². The average molecular weight is 566 g/mol. The Morgan fingerprint density at radius 1 is 1.05 bits per heavy atom. The Balaban J connectivity index is 1.71. The van der Waals surface area contributed by atoms with E-state index >= 15 is 0 Å². The summed E-state index contributed by atoms with van der Waals surface area (Å²) >= 11 is 0. The molecule has 5 atom stereocenters. The van der Waals surface area contributed by atoms with Gasteiger partial charge in [0.2, 0.25) is 12.0 Å². The zero-order valence-corrected chi connectivity index (χ0v) is 24.4. The first-order chi connectivity index (χ1) is 19.4. The van der Waals surface area contributed by atoms with Crippen LogP contribution in [0.15, 0.2) is 36.4 Å². The fourth-order valence-corrected chi connectivity index (χ4v) is 4.73. The van der Waals surface area contributed by atoms with E-state index in [9.17, 15) is 19.2 Å². The largest absolute Gasteiger partial charge is 0.449 e. The topological polar surface area (TPSA) is 139 Å². The molecule has 1 saturated heterocycles. The molecule has 0 aliphatic carbocycles. The summed E-state index contributed by atoms with van der Waals surface area (Å²) in [5.74, 6) is -1.95. The van der Waals surface area contributed by atoms with Gasteiger partial charge in [0.25, 0.3) is 11.8 Å². The predicted molar refractivity (Wildman–Crippen MR) is 153 cm³/mol. The van der Waals surface area contributed by atoms with E-state index in [1.807, 2.05) is 37.3 Å². The maximum absolute atomic E-state index is 13.2. The van der Waals surface area contributed by atoms with Gasteiger partial charge >= 0.3 is 5.97 Å². The Hall–Kier alpha value is -3.83. The van der Waals surface area contributed by atoms with Gasteiger partial charge in [0.15, 0.2) is 0 Å². The summed E-state index contributed by atoms with van der Waals surface area (Å²) in [6, 6.07) is 7.64. The second kappa shape index (κ2) is 12.4. The van der Waals surface area contributed by atoms with Crippen LogP contribution in [0.2, 0.25) is 0 Å². The molecule has 11 heteroatoms. The van der Waals surface area contributed by atoms with Crippen LogP contribution in [0.25, 0.3) is 17.0 Å². The van der Waals surface area contributed by atoms with Gasteiger partial charge in [0.1, 0.15) is 18.2 Å². The van der Waals surface area contributed by atoms with Crippen molar-refractivity contribution in [3.8, 4) is 0 Å². The van der Waals surface area contributed by atoms with Crippen molar-refractivity contribution in [2.24, 2.45) is 5.41 Å². The molecule has 1 aromatic heterocycles. The summed E-state index contributed by atoms with van der Waals surface area (Å²) in [5, 5.41) is 7.94. The number of cyclic esters (lactones) is 1. The molecule has 4 rings (SSSR count). The van der Waals surface area contributed by atoms with E-state index in [1.165, 1.54) is 12.1 Å². The van der Waals surface area contributed by atoms with E-state index < -0.39 is 47.5 Å². The molecule has 1 fully saturated rings. The molecule has 0 spiro atoms.